The SMILES string of the molecule is C=C(C)COC(CC)[Si]([Si](C)(C)C)([Si](C)(C)C)[Si](C)(C)C. The highest BCUT2D eigenvalue weighted by Crippen LogP contribution is 2.41. The maximum Gasteiger partial charge on any atom is 0.0707 e. The largest absolute Gasteiger partial charge is 0.378 e. The minimum atomic E-state index is -1.44. The molecular formula is C16H40OSi4. The lowest BCUT2D eigenvalue weighted by molar-refractivity contribution is 0.121. The summed E-state index contributed by atoms with van der Waals surface area (Å²) in [5.41, 5.74) is 1.71. The Morgan fingerprint density at radius 3 is 1.38 bits per heavy atom. The van der Waals surface area contributed by atoms with Gasteiger partial charge in [-0.3, -0.25) is 0 Å². The van der Waals surface area contributed by atoms with Crippen LogP contribution in [-0.2, 0) is 4.74 Å². The monoisotopic (exact) mass is 360 g/mol. The summed E-state index contributed by atoms with van der Waals surface area (Å²) in [5.74, 6) is 0. The molecule has 0 spiro atoms. The molecule has 0 saturated heterocycles. The second-order valence-electron chi connectivity index (χ2n) is 9.72. The van der Waals surface area contributed by atoms with E-state index in [1.807, 2.05) is 0 Å². The molecule has 21 heavy (non-hydrogen) atoms. The zero-order valence-corrected chi connectivity index (χ0v) is 20.6. The molecule has 0 aliphatic rings. The second kappa shape index (κ2) is 6.99. The predicted octanol–water partition coefficient (Wildman–Crippen LogP) is 5.60. The molecular weight excluding hydrogens is 321 g/mol. The van der Waals surface area contributed by atoms with Crippen LogP contribution in [0.3, 0.4) is 0 Å². The van der Waals surface area contributed by atoms with Gasteiger partial charge >= 0.3 is 0 Å². The maximum absolute atomic E-state index is 6.56. The van der Waals surface area contributed by atoms with Gasteiger partial charge in [-0.15, -0.1) is 0 Å². The third-order valence-electron chi connectivity index (χ3n) is 4.93. The van der Waals surface area contributed by atoms with Crippen molar-refractivity contribution in [1.82, 2.24) is 0 Å². The average molecular weight is 361 g/mol. The van der Waals surface area contributed by atoms with E-state index in [-0.39, 0.29) is 0 Å². The molecule has 0 aromatic rings. The first-order valence-corrected chi connectivity index (χ1v) is 24.0. The van der Waals surface area contributed by atoms with Crippen molar-refractivity contribution < 1.29 is 4.74 Å². The van der Waals surface area contributed by atoms with Crippen molar-refractivity contribution in [1.29, 1.82) is 0 Å². The van der Waals surface area contributed by atoms with E-state index in [1.54, 1.807) is 0 Å². The van der Waals surface area contributed by atoms with Crippen LogP contribution in [0.25, 0.3) is 0 Å². The fourth-order valence-electron chi connectivity index (χ4n) is 5.62. The van der Waals surface area contributed by atoms with Gasteiger partial charge in [-0.1, -0.05) is 78.0 Å². The third-order valence-corrected chi connectivity index (χ3v) is 78.3. The zero-order chi connectivity index (χ0) is 17.3. The first kappa shape index (κ1) is 21.6. The molecule has 1 unspecified atom stereocenters. The van der Waals surface area contributed by atoms with E-state index in [1.165, 1.54) is 6.42 Å². The van der Waals surface area contributed by atoms with Gasteiger partial charge in [0.25, 0.3) is 0 Å². The summed E-state index contributed by atoms with van der Waals surface area (Å²) in [6.45, 7) is 31.6. The van der Waals surface area contributed by atoms with Gasteiger partial charge in [0.15, 0.2) is 0 Å². The summed E-state index contributed by atoms with van der Waals surface area (Å²) in [6, 6.07) is 0. The van der Waals surface area contributed by atoms with Gasteiger partial charge in [-0.2, -0.15) is 0 Å². The highest BCUT2D eigenvalue weighted by atomic mass is 29.9. The van der Waals surface area contributed by atoms with Gasteiger partial charge in [-0.25, -0.2) is 0 Å². The van der Waals surface area contributed by atoms with Crippen molar-refractivity contribution >= 4 is 29.4 Å². The lowest BCUT2D eigenvalue weighted by Gasteiger charge is -2.60. The Bertz CT molecular complexity index is 322. The van der Waals surface area contributed by atoms with Gasteiger partial charge < -0.3 is 4.74 Å². The van der Waals surface area contributed by atoms with Crippen LogP contribution in [0.2, 0.25) is 58.9 Å². The fraction of sp³-hybridized carbons (Fsp3) is 0.875. The van der Waals surface area contributed by atoms with E-state index in [0.29, 0.717) is 5.73 Å². The van der Waals surface area contributed by atoms with E-state index in [4.69, 9.17) is 4.74 Å². The molecule has 0 bridgehead atoms. The van der Waals surface area contributed by atoms with Crippen LogP contribution in [0.5, 0.6) is 0 Å². The molecule has 0 aliphatic heterocycles. The lowest BCUT2D eigenvalue weighted by atomic mass is 10.4. The van der Waals surface area contributed by atoms with Crippen LogP contribution in [-0.4, -0.2) is 41.7 Å². The lowest BCUT2D eigenvalue weighted by Crippen LogP contribution is -2.88. The Morgan fingerprint density at radius 2 is 1.19 bits per heavy atom. The Labute approximate surface area is 138 Å². The van der Waals surface area contributed by atoms with Gasteiger partial charge in [0.05, 0.1) is 13.2 Å². The van der Waals surface area contributed by atoms with E-state index in [0.717, 1.165) is 12.2 Å². The Balaban J connectivity index is 6.17. The number of hydrogen-bond acceptors (Lipinski definition) is 1. The van der Waals surface area contributed by atoms with Crippen LogP contribution in [0, 0.1) is 0 Å². The third kappa shape index (κ3) is 4.31. The van der Waals surface area contributed by atoms with Crippen LogP contribution in [0.4, 0.5) is 0 Å². The second-order valence-corrected chi connectivity index (χ2v) is 50.6. The maximum atomic E-state index is 6.56. The summed E-state index contributed by atoms with van der Waals surface area (Å²) < 4.78 is 6.56. The van der Waals surface area contributed by atoms with Crippen molar-refractivity contribution in [2.24, 2.45) is 0 Å². The molecule has 0 aliphatic carbocycles. The van der Waals surface area contributed by atoms with Crippen molar-refractivity contribution in [3.63, 3.8) is 0 Å². The molecule has 0 heterocycles. The van der Waals surface area contributed by atoms with E-state index < -0.39 is 29.4 Å². The van der Waals surface area contributed by atoms with Crippen LogP contribution in [0.1, 0.15) is 20.3 Å². The normalized spacial score (nSPS) is 16.0. The molecule has 0 aromatic heterocycles. The summed E-state index contributed by atoms with van der Waals surface area (Å²) in [4.78, 5) is 0. The van der Waals surface area contributed by atoms with Crippen molar-refractivity contribution in [2.45, 2.75) is 84.9 Å². The molecule has 5 heteroatoms. The molecule has 0 rings (SSSR count). The topological polar surface area (TPSA) is 9.23 Å². The average Bonchev–Trinajstić information content (AvgIpc) is 2.17. The van der Waals surface area contributed by atoms with Gasteiger partial charge in [0.1, 0.15) is 0 Å². The molecule has 1 nitrogen and oxygen atoms in total. The smallest absolute Gasteiger partial charge is 0.0707 e. The number of hydrogen-bond donors (Lipinski definition) is 0. The highest BCUT2D eigenvalue weighted by molar-refractivity contribution is 7.89. The van der Waals surface area contributed by atoms with Gasteiger partial charge in [0.2, 0.25) is 0 Å². The molecule has 0 radical (unpaired) electrons. The quantitative estimate of drug-likeness (QED) is 0.404. The molecule has 1 atom stereocenters. The summed E-state index contributed by atoms with van der Waals surface area (Å²) in [7, 11) is -3.77. The summed E-state index contributed by atoms with van der Waals surface area (Å²) in [6.07, 6.45) is 1.19. The molecule has 0 fully saturated rings. The Kier molecular flexibility index (Phi) is 7.18. The summed E-state index contributed by atoms with van der Waals surface area (Å²) >= 11 is 0. The van der Waals surface area contributed by atoms with E-state index in [2.05, 4.69) is 79.3 Å². The first-order valence-electron chi connectivity index (χ1n) is 8.39. The Hall–Kier alpha value is 0.568. The summed E-state index contributed by atoms with van der Waals surface area (Å²) in [5, 5.41) is 0. The molecule has 0 aromatic carbocycles. The number of ether oxygens (including phenoxy) is 1. The minimum absolute atomic E-state index is 0.541. The van der Waals surface area contributed by atoms with Crippen molar-refractivity contribution in [3.8, 4) is 0 Å². The molecule has 126 valence electrons. The van der Waals surface area contributed by atoms with E-state index in [9.17, 15) is 0 Å². The van der Waals surface area contributed by atoms with Crippen LogP contribution < -0.4 is 0 Å². The standard InChI is InChI=1S/C16H40OSi4/c1-13-16(17-14-15(2)3)21(18(4,5)6,19(7,8)9)20(10,11)12/h16H,2,13-14H2,1,3-12H3. The van der Waals surface area contributed by atoms with Gasteiger partial charge in [0, 0.05) is 28.5 Å². The first-order chi connectivity index (χ1) is 9.13. The van der Waals surface area contributed by atoms with Crippen LogP contribution >= 0.6 is 0 Å². The molecule has 0 amide bonds. The Morgan fingerprint density at radius 1 is 0.857 bits per heavy atom. The van der Waals surface area contributed by atoms with Gasteiger partial charge in [-0.05, 0) is 13.3 Å². The van der Waals surface area contributed by atoms with Crippen molar-refractivity contribution in [2.75, 3.05) is 6.61 Å². The van der Waals surface area contributed by atoms with E-state index >= 15 is 0 Å². The fourth-order valence-corrected chi connectivity index (χ4v) is 108. The highest BCUT2D eigenvalue weighted by Gasteiger charge is 2.65. The van der Waals surface area contributed by atoms with Crippen LogP contribution in [0.15, 0.2) is 12.2 Å². The predicted molar refractivity (Wildman–Crippen MR) is 111 cm³/mol. The van der Waals surface area contributed by atoms with Crippen molar-refractivity contribution in [3.05, 3.63) is 12.2 Å². The number of rotatable bonds is 8. The zero-order valence-electron chi connectivity index (χ0n) is 16.6. The molecule has 0 N–H and O–H groups in total. The molecule has 0 saturated carbocycles. The minimum Gasteiger partial charge on any atom is -0.378 e.